The molecule has 0 fully saturated rings. The van der Waals surface area contributed by atoms with Crippen molar-refractivity contribution in [2.24, 2.45) is 0 Å². The van der Waals surface area contributed by atoms with Crippen molar-refractivity contribution in [2.75, 3.05) is 18.9 Å². The Morgan fingerprint density at radius 1 is 1.24 bits per heavy atom. The molecule has 2 heterocycles. The van der Waals surface area contributed by atoms with Crippen molar-refractivity contribution in [1.82, 2.24) is 10.1 Å². The topological polar surface area (TPSA) is 88.6 Å². The SMILES string of the molecule is Cc1cc(NC(=O)CN(C)C(=O)c2cc(C)oc2C)no1. The monoisotopic (exact) mass is 291 g/mol. The van der Waals surface area contributed by atoms with Crippen LogP contribution in [0.25, 0.3) is 0 Å². The molecule has 0 saturated heterocycles. The Morgan fingerprint density at radius 3 is 2.48 bits per heavy atom. The Kier molecular flexibility index (Phi) is 4.11. The molecular formula is C14H17N3O4. The summed E-state index contributed by atoms with van der Waals surface area (Å²) in [4.78, 5) is 25.4. The van der Waals surface area contributed by atoms with E-state index in [9.17, 15) is 9.59 Å². The third-order valence-corrected chi connectivity index (χ3v) is 2.89. The number of rotatable bonds is 4. The Labute approximate surface area is 121 Å². The van der Waals surface area contributed by atoms with Gasteiger partial charge >= 0.3 is 0 Å². The summed E-state index contributed by atoms with van der Waals surface area (Å²) in [5.74, 6) is 1.50. The van der Waals surface area contributed by atoms with Gasteiger partial charge in [0.1, 0.15) is 17.3 Å². The zero-order valence-electron chi connectivity index (χ0n) is 12.4. The van der Waals surface area contributed by atoms with Gasteiger partial charge in [-0.3, -0.25) is 9.59 Å². The molecule has 1 N–H and O–H groups in total. The van der Waals surface area contributed by atoms with Crippen LogP contribution in [0.4, 0.5) is 5.82 Å². The van der Waals surface area contributed by atoms with Crippen molar-refractivity contribution < 1.29 is 18.5 Å². The molecule has 2 amide bonds. The second-order valence-corrected chi connectivity index (χ2v) is 4.86. The number of anilines is 1. The average molecular weight is 291 g/mol. The van der Waals surface area contributed by atoms with Crippen LogP contribution in [0.1, 0.15) is 27.6 Å². The molecule has 2 aromatic heterocycles. The van der Waals surface area contributed by atoms with Crippen LogP contribution in [0.2, 0.25) is 0 Å². The molecule has 7 heteroatoms. The lowest BCUT2D eigenvalue weighted by Crippen LogP contribution is -2.35. The number of aryl methyl sites for hydroxylation is 3. The zero-order valence-corrected chi connectivity index (χ0v) is 12.4. The van der Waals surface area contributed by atoms with E-state index in [4.69, 9.17) is 8.94 Å². The van der Waals surface area contributed by atoms with Gasteiger partial charge in [-0.05, 0) is 26.8 Å². The van der Waals surface area contributed by atoms with Gasteiger partial charge in [0.05, 0.1) is 12.1 Å². The van der Waals surface area contributed by atoms with E-state index in [0.29, 0.717) is 28.7 Å². The fourth-order valence-corrected chi connectivity index (χ4v) is 1.94. The largest absolute Gasteiger partial charge is 0.466 e. The van der Waals surface area contributed by atoms with Crippen molar-refractivity contribution in [3.8, 4) is 0 Å². The van der Waals surface area contributed by atoms with Crippen LogP contribution in [0.15, 0.2) is 21.1 Å². The minimum Gasteiger partial charge on any atom is -0.466 e. The smallest absolute Gasteiger partial charge is 0.257 e. The lowest BCUT2D eigenvalue weighted by molar-refractivity contribution is -0.116. The van der Waals surface area contributed by atoms with Crippen molar-refractivity contribution in [2.45, 2.75) is 20.8 Å². The highest BCUT2D eigenvalue weighted by Gasteiger charge is 2.20. The number of nitrogens with zero attached hydrogens (tertiary/aromatic N) is 2. The van der Waals surface area contributed by atoms with Gasteiger partial charge in [0, 0.05) is 13.1 Å². The summed E-state index contributed by atoms with van der Waals surface area (Å²) in [5.41, 5.74) is 0.458. The zero-order chi connectivity index (χ0) is 15.6. The van der Waals surface area contributed by atoms with E-state index in [2.05, 4.69) is 10.5 Å². The minimum absolute atomic E-state index is 0.0889. The Bertz CT molecular complexity index is 672. The number of carbonyl (C=O) groups is 2. The molecule has 2 rings (SSSR count). The Balaban J connectivity index is 1.97. The van der Waals surface area contributed by atoms with Crippen LogP contribution in [0.3, 0.4) is 0 Å². The third kappa shape index (κ3) is 3.50. The van der Waals surface area contributed by atoms with E-state index in [-0.39, 0.29) is 18.4 Å². The predicted molar refractivity (Wildman–Crippen MR) is 75.0 cm³/mol. The first kappa shape index (κ1) is 14.8. The van der Waals surface area contributed by atoms with Gasteiger partial charge in [0.25, 0.3) is 5.91 Å². The first-order valence-corrected chi connectivity index (χ1v) is 6.42. The lowest BCUT2D eigenvalue weighted by Gasteiger charge is -2.15. The van der Waals surface area contributed by atoms with Crippen molar-refractivity contribution >= 4 is 17.6 Å². The fraction of sp³-hybridized carbons (Fsp3) is 0.357. The van der Waals surface area contributed by atoms with Crippen molar-refractivity contribution in [3.05, 3.63) is 35.0 Å². The summed E-state index contributed by atoms with van der Waals surface area (Å²) < 4.78 is 10.2. The first-order chi connectivity index (χ1) is 9.86. The van der Waals surface area contributed by atoms with Crippen LogP contribution in [-0.2, 0) is 4.79 Å². The molecule has 0 unspecified atom stereocenters. The van der Waals surface area contributed by atoms with E-state index < -0.39 is 0 Å². The molecule has 0 bridgehead atoms. The molecule has 0 saturated carbocycles. The maximum absolute atomic E-state index is 12.2. The molecule has 0 atom stereocenters. The molecule has 0 aromatic carbocycles. The standard InChI is InChI=1S/C14H17N3O4/c1-8-5-11(10(3)20-8)14(19)17(4)7-13(18)15-12-6-9(2)21-16-12/h5-6H,7H2,1-4H3,(H,15,16,18). The molecular weight excluding hydrogens is 274 g/mol. The van der Waals surface area contributed by atoms with Gasteiger partial charge in [-0.25, -0.2) is 0 Å². The molecule has 0 spiro atoms. The number of likely N-dealkylation sites (N-methyl/N-ethyl adjacent to an activating group) is 1. The predicted octanol–water partition coefficient (Wildman–Crippen LogP) is 1.90. The van der Waals surface area contributed by atoms with E-state index in [1.54, 1.807) is 40.0 Å². The third-order valence-electron chi connectivity index (χ3n) is 2.89. The summed E-state index contributed by atoms with van der Waals surface area (Å²) in [6.45, 7) is 5.12. The van der Waals surface area contributed by atoms with Gasteiger partial charge in [-0.1, -0.05) is 5.16 Å². The van der Waals surface area contributed by atoms with Gasteiger partial charge in [0.15, 0.2) is 5.82 Å². The van der Waals surface area contributed by atoms with Gasteiger partial charge in [-0.2, -0.15) is 0 Å². The van der Waals surface area contributed by atoms with Crippen LogP contribution in [0, 0.1) is 20.8 Å². The molecule has 0 radical (unpaired) electrons. The summed E-state index contributed by atoms with van der Waals surface area (Å²) in [6, 6.07) is 3.26. The van der Waals surface area contributed by atoms with Crippen molar-refractivity contribution in [3.63, 3.8) is 0 Å². The molecule has 0 aliphatic rings. The molecule has 0 aliphatic carbocycles. The van der Waals surface area contributed by atoms with Gasteiger partial charge in [0.2, 0.25) is 5.91 Å². The quantitative estimate of drug-likeness (QED) is 0.929. The van der Waals surface area contributed by atoms with E-state index >= 15 is 0 Å². The Morgan fingerprint density at radius 2 is 1.95 bits per heavy atom. The van der Waals surface area contributed by atoms with Crippen LogP contribution in [-0.4, -0.2) is 35.5 Å². The van der Waals surface area contributed by atoms with Crippen LogP contribution in [0.5, 0.6) is 0 Å². The van der Waals surface area contributed by atoms with Gasteiger partial charge < -0.3 is 19.2 Å². The number of hydrogen-bond donors (Lipinski definition) is 1. The molecule has 0 aliphatic heterocycles. The number of furan rings is 1. The van der Waals surface area contributed by atoms with Crippen LogP contribution < -0.4 is 5.32 Å². The molecule has 21 heavy (non-hydrogen) atoms. The van der Waals surface area contributed by atoms with E-state index in [0.717, 1.165) is 0 Å². The highest BCUT2D eigenvalue weighted by Crippen LogP contribution is 2.15. The second kappa shape index (κ2) is 5.82. The highest BCUT2D eigenvalue weighted by molar-refractivity contribution is 5.99. The van der Waals surface area contributed by atoms with E-state index in [1.165, 1.54) is 4.90 Å². The molecule has 7 nitrogen and oxygen atoms in total. The minimum atomic E-state index is -0.350. The molecule has 2 aromatic rings. The second-order valence-electron chi connectivity index (χ2n) is 4.86. The van der Waals surface area contributed by atoms with Crippen LogP contribution >= 0.6 is 0 Å². The van der Waals surface area contributed by atoms with Crippen molar-refractivity contribution in [1.29, 1.82) is 0 Å². The van der Waals surface area contributed by atoms with Gasteiger partial charge in [-0.15, -0.1) is 0 Å². The number of amides is 2. The number of nitrogens with one attached hydrogen (secondary N) is 1. The molecule has 112 valence electrons. The summed E-state index contributed by atoms with van der Waals surface area (Å²) in [5, 5.41) is 6.22. The maximum Gasteiger partial charge on any atom is 0.257 e. The lowest BCUT2D eigenvalue weighted by atomic mass is 10.2. The highest BCUT2D eigenvalue weighted by atomic mass is 16.5. The normalized spacial score (nSPS) is 10.5. The number of carbonyl (C=O) groups excluding carboxylic acids is 2. The number of hydrogen-bond acceptors (Lipinski definition) is 5. The Hall–Kier alpha value is -2.57. The summed E-state index contributed by atoms with van der Waals surface area (Å²) >= 11 is 0. The first-order valence-electron chi connectivity index (χ1n) is 6.42. The maximum atomic E-state index is 12.2. The summed E-state index contributed by atoms with van der Waals surface area (Å²) in [7, 11) is 1.55. The van der Waals surface area contributed by atoms with E-state index in [1.807, 2.05) is 0 Å². The fourth-order valence-electron chi connectivity index (χ4n) is 1.94. The number of aromatic nitrogens is 1. The summed E-state index contributed by atoms with van der Waals surface area (Å²) in [6.07, 6.45) is 0. The average Bonchev–Trinajstić information content (AvgIpc) is 2.94.